The van der Waals surface area contributed by atoms with Crippen molar-refractivity contribution in [3.8, 4) is 0 Å². The Hall–Kier alpha value is -3.09. The van der Waals surface area contributed by atoms with Crippen LogP contribution >= 0.6 is 0 Å². The minimum Gasteiger partial charge on any atom is -0.469 e. The molecular formula is C15H12N4O3. The van der Waals surface area contributed by atoms with Gasteiger partial charge in [-0.15, -0.1) is 0 Å². The number of pyridine rings is 1. The summed E-state index contributed by atoms with van der Waals surface area (Å²) in [6.45, 7) is 0. The molecular weight excluding hydrogens is 284 g/mol. The Labute approximate surface area is 125 Å². The summed E-state index contributed by atoms with van der Waals surface area (Å²) in [4.78, 5) is 31.8. The molecule has 3 aromatic rings. The number of carbonyl (C=O) groups is 2. The minimum atomic E-state index is -0.692. The van der Waals surface area contributed by atoms with Gasteiger partial charge >= 0.3 is 0 Å². The van der Waals surface area contributed by atoms with Crippen molar-refractivity contribution in [1.82, 2.24) is 20.2 Å². The molecule has 0 saturated heterocycles. The maximum Gasteiger partial charge on any atom is 0.265 e. The third-order valence-corrected chi connectivity index (χ3v) is 3.14. The molecule has 0 aromatic carbocycles. The lowest BCUT2D eigenvalue weighted by Gasteiger charge is -2.01. The standard InChI is InChI=1S/C15H12N4O3/c20-12(14(21)15-17-9-18-19-15)7-10-4-6-22-13(10)8-11-3-1-2-5-16-11/h1-6,9H,7-8H2,(H,17,18,19). The lowest BCUT2D eigenvalue weighted by molar-refractivity contribution is -0.114. The second-order valence-corrected chi connectivity index (χ2v) is 4.63. The normalized spacial score (nSPS) is 10.5. The Morgan fingerprint density at radius 2 is 2.09 bits per heavy atom. The zero-order valence-corrected chi connectivity index (χ0v) is 11.5. The molecule has 1 N–H and O–H groups in total. The first kappa shape index (κ1) is 13.9. The first-order valence-corrected chi connectivity index (χ1v) is 6.62. The summed E-state index contributed by atoms with van der Waals surface area (Å²) in [6, 6.07) is 7.26. The Balaban J connectivity index is 1.72. The van der Waals surface area contributed by atoms with Crippen molar-refractivity contribution in [2.45, 2.75) is 12.8 Å². The van der Waals surface area contributed by atoms with Gasteiger partial charge in [0.25, 0.3) is 5.78 Å². The van der Waals surface area contributed by atoms with Crippen LogP contribution in [0.4, 0.5) is 0 Å². The van der Waals surface area contributed by atoms with E-state index in [1.165, 1.54) is 12.6 Å². The van der Waals surface area contributed by atoms with Gasteiger partial charge in [0.1, 0.15) is 12.1 Å². The van der Waals surface area contributed by atoms with Gasteiger partial charge in [-0.25, -0.2) is 4.98 Å². The highest BCUT2D eigenvalue weighted by atomic mass is 16.3. The van der Waals surface area contributed by atoms with Crippen LogP contribution < -0.4 is 0 Å². The molecule has 0 radical (unpaired) electrons. The highest BCUT2D eigenvalue weighted by Crippen LogP contribution is 2.16. The number of hydrogen-bond acceptors (Lipinski definition) is 6. The monoisotopic (exact) mass is 296 g/mol. The summed E-state index contributed by atoms with van der Waals surface area (Å²) in [6.07, 6.45) is 4.80. The topological polar surface area (TPSA) is 102 Å². The van der Waals surface area contributed by atoms with Gasteiger partial charge in [-0.05, 0) is 18.2 Å². The molecule has 0 aliphatic rings. The predicted molar refractivity (Wildman–Crippen MR) is 75.2 cm³/mol. The molecule has 0 aliphatic carbocycles. The van der Waals surface area contributed by atoms with Crippen LogP contribution in [0.3, 0.4) is 0 Å². The van der Waals surface area contributed by atoms with E-state index < -0.39 is 11.6 Å². The molecule has 0 saturated carbocycles. The Morgan fingerprint density at radius 3 is 2.82 bits per heavy atom. The van der Waals surface area contributed by atoms with Gasteiger partial charge in [0.15, 0.2) is 5.82 Å². The van der Waals surface area contributed by atoms with Crippen LogP contribution in [0.15, 0.2) is 47.5 Å². The smallest absolute Gasteiger partial charge is 0.265 e. The van der Waals surface area contributed by atoms with Crippen molar-refractivity contribution in [3.63, 3.8) is 0 Å². The molecule has 3 rings (SSSR count). The fourth-order valence-corrected chi connectivity index (χ4v) is 2.05. The van der Waals surface area contributed by atoms with Gasteiger partial charge in [-0.2, -0.15) is 5.10 Å². The van der Waals surface area contributed by atoms with Crippen molar-refractivity contribution in [1.29, 1.82) is 0 Å². The first-order valence-electron chi connectivity index (χ1n) is 6.62. The van der Waals surface area contributed by atoms with Crippen LogP contribution in [0.2, 0.25) is 0 Å². The van der Waals surface area contributed by atoms with Gasteiger partial charge in [0.05, 0.1) is 6.26 Å². The van der Waals surface area contributed by atoms with Crippen LogP contribution in [0.5, 0.6) is 0 Å². The number of aromatic amines is 1. The lowest BCUT2D eigenvalue weighted by Crippen LogP contribution is -2.18. The fourth-order valence-electron chi connectivity index (χ4n) is 2.05. The number of Topliss-reactive ketones (excluding diaryl/α,β-unsaturated/α-hetero) is 2. The number of rotatable bonds is 6. The maximum atomic E-state index is 12.0. The van der Waals surface area contributed by atoms with E-state index in [4.69, 9.17) is 4.42 Å². The number of ketones is 2. The number of carbonyl (C=O) groups excluding carboxylic acids is 2. The Kier molecular flexibility index (Phi) is 3.86. The molecule has 0 bridgehead atoms. The van der Waals surface area contributed by atoms with Crippen LogP contribution in [-0.2, 0) is 17.6 Å². The van der Waals surface area contributed by atoms with Gasteiger partial charge in [0, 0.05) is 30.3 Å². The van der Waals surface area contributed by atoms with Gasteiger partial charge in [-0.3, -0.25) is 19.7 Å². The first-order chi connectivity index (χ1) is 10.7. The van der Waals surface area contributed by atoms with Gasteiger partial charge in [-0.1, -0.05) is 6.07 Å². The second kappa shape index (κ2) is 6.13. The molecule has 110 valence electrons. The average Bonchev–Trinajstić information content (AvgIpc) is 3.20. The molecule has 3 heterocycles. The van der Waals surface area contributed by atoms with E-state index in [1.54, 1.807) is 12.3 Å². The van der Waals surface area contributed by atoms with E-state index in [1.807, 2.05) is 18.2 Å². The molecule has 3 aromatic heterocycles. The molecule has 0 atom stereocenters. The highest BCUT2D eigenvalue weighted by molar-refractivity contribution is 6.43. The van der Waals surface area contributed by atoms with Gasteiger partial charge < -0.3 is 4.42 Å². The van der Waals surface area contributed by atoms with Crippen molar-refractivity contribution < 1.29 is 14.0 Å². The van der Waals surface area contributed by atoms with Crippen LogP contribution in [0.1, 0.15) is 27.6 Å². The van der Waals surface area contributed by atoms with Crippen molar-refractivity contribution in [3.05, 3.63) is 65.9 Å². The third-order valence-electron chi connectivity index (χ3n) is 3.14. The maximum absolute atomic E-state index is 12.0. The summed E-state index contributed by atoms with van der Waals surface area (Å²) in [5.74, 6) is -0.694. The van der Waals surface area contributed by atoms with E-state index in [2.05, 4.69) is 20.2 Å². The number of H-pyrrole nitrogens is 1. The van der Waals surface area contributed by atoms with Crippen LogP contribution in [-0.4, -0.2) is 31.7 Å². The molecule has 0 unspecified atom stereocenters. The van der Waals surface area contributed by atoms with Crippen LogP contribution in [0.25, 0.3) is 0 Å². The zero-order valence-electron chi connectivity index (χ0n) is 11.5. The van der Waals surface area contributed by atoms with E-state index in [0.29, 0.717) is 17.7 Å². The molecule has 0 spiro atoms. The number of aromatic nitrogens is 4. The molecule has 0 fully saturated rings. The zero-order chi connectivity index (χ0) is 15.4. The van der Waals surface area contributed by atoms with E-state index in [9.17, 15) is 9.59 Å². The summed E-state index contributed by atoms with van der Waals surface area (Å²) in [5, 5.41) is 5.95. The fraction of sp³-hybridized carbons (Fsp3) is 0.133. The molecule has 7 nitrogen and oxygen atoms in total. The third kappa shape index (κ3) is 2.98. The van der Waals surface area contributed by atoms with Gasteiger partial charge in [0.2, 0.25) is 5.78 Å². The largest absolute Gasteiger partial charge is 0.469 e. The van der Waals surface area contributed by atoms with Crippen molar-refractivity contribution >= 4 is 11.6 Å². The molecule has 0 aliphatic heterocycles. The highest BCUT2D eigenvalue weighted by Gasteiger charge is 2.21. The van der Waals surface area contributed by atoms with E-state index >= 15 is 0 Å². The summed E-state index contributed by atoms with van der Waals surface area (Å²) in [7, 11) is 0. The van der Waals surface area contributed by atoms with Crippen LogP contribution in [0, 0.1) is 0 Å². The summed E-state index contributed by atoms with van der Waals surface area (Å²) < 4.78 is 5.40. The molecule has 7 heteroatoms. The minimum absolute atomic E-state index is 0.0435. The molecule has 0 amide bonds. The average molecular weight is 296 g/mol. The van der Waals surface area contributed by atoms with Crippen molar-refractivity contribution in [2.75, 3.05) is 0 Å². The molecule has 22 heavy (non-hydrogen) atoms. The van der Waals surface area contributed by atoms with E-state index in [-0.39, 0.29) is 12.2 Å². The second-order valence-electron chi connectivity index (χ2n) is 4.63. The number of nitrogens with one attached hydrogen (secondary N) is 1. The quantitative estimate of drug-likeness (QED) is 0.544. The summed E-state index contributed by atoms with van der Waals surface area (Å²) >= 11 is 0. The Morgan fingerprint density at radius 1 is 1.18 bits per heavy atom. The number of nitrogens with zero attached hydrogens (tertiary/aromatic N) is 3. The summed E-state index contributed by atoms with van der Waals surface area (Å²) in [5.41, 5.74) is 1.50. The number of hydrogen-bond donors (Lipinski definition) is 1. The number of furan rings is 1. The lowest BCUT2D eigenvalue weighted by atomic mass is 10.0. The Bertz CT molecular complexity index is 778. The SMILES string of the molecule is O=C(Cc1ccoc1Cc1ccccn1)C(=O)c1ncn[nH]1. The van der Waals surface area contributed by atoms with E-state index in [0.717, 1.165) is 5.69 Å². The predicted octanol–water partition coefficient (Wildman–Crippen LogP) is 1.38. The van der Waals surface area contributed by atoms with Crippen molar-refractivity contribution in [2.24, 2.45) is 0 Å².